The van der Waals surface area contributed by atoms with Gasteiger partial charge >= 0.3 is 0 Å². The van der Waals surface area contributed by atoms with Crippen LogP contribution >= 0.6 is 11.3 Å². The first-order valence-electron chi connectivity index (χ1n) is 8.74. The molecule has 3 rings (SSSR count). The molecule has 2 aromatic heterocycles. The average molecular weight is 369 g/mol. The lowest BCUT2D eigenvalue weighted by Crippen LogP contribution is -2.37. The van der Waals surface area contributed by atoms with Gasteiger partial charge in [-0.2, -0.15) is 0 Å². The quantitative estimate of drug-likeness (QED) is 0.696. The molecule has 0 saturated heterocycles. The van der Waals surface area contributed by atoms with Crippen LogP contribution in [0.5, 0.6) is 0 Å². The predicted molar refractivity (Wildman–Crippen MR) is 106 cm³/mol. The van der Waals surface area contributed by atoms with Gasteiger partial charge in [0.15, 0.2) is 5.13 Å². The Bertz CT molecular complexity index is 856. The van der Waals surface area contributed by atoms with E-state index >= 15 is 0 Å². The molecule has 0 spiro atoms. The number of carbonyl (C=O) groups is 1. The number of benzene rings is 1. The third-order valence-electron chi connectivity index (χ3n) is 4.47. The fourth-order valence-corrected chi connectivity index (χ4v) is 3.90. The normalized spacial score (nSPS) is 10.9. The van der Waals surface area contributed by atoms with Crippen molar-refractivity contribution in [1.29, 1.82) is 0 Å². The van der Waals surface area contributed by atoms with Crippen LogP contribution in [0.3, 0.4) is 0 Å². The summed E-state index contributed by atoms with van der Waals surface area (Å²) < 4.78 is 2.04. The second-order valence-corrected chi connectivity index (χ2v) is 7.12. The third-order valence-corrected chi connectivity index (χ3v) is 5.23. The minimum atomic E-state index is 0.0299. The SMILES string of the molecule is Cc1cc(C(=O)N(CCN)CCc2ccccc2)c(C)n1-c1nccs1. The van der Waals surface area contributed by atoms with Crippen LogP contribution in [0.4, 0.5) is 0 Å². The summed E-state index contributed by atoms with van der Waals surface area (Å²) in [5.74, 6) is 0.0299. The van der Waals surface area contributed by atoms with E-state index in [0.29, 0.717) is 19.6 Å². The van der Waals surface area contributed by atoms with Gasteiger partial charge in [0.2, 0.25) is 0 Å². The first-order valence-corrected chi connectivity index (χ1v) is 9.62. The summed E-state index contributed by atoms with van der Waals surface area (Å²) in [6.45, 7) is 5.63. The van der Waals surface area contributed by atoms with Crippen LogP contribution in [0.2, 0.25) is 0 Å². The highest BCUT2D eigenvalue weighted by molar-refractivity contribution is 7.12. The fourth-order valence-electron chi connectivity index (χ4n) is 3.15. The van der Waals surface area contributed by atoms with Crippen molar-refractivity contribution in [1.82, 2.24) is 14.5 Å². The molecule has 0 atom stereocenters. The van der Waals surface area contributed by atoms with E-state index in [1.807, 2.05) is 53.0 Å². The second-order valence-electron chi connectivity index (χ2n) is 6.25. The summed E-state index contributed by atoms with van der Waals surface area (Å²) in [6.07, 6.45) is 2.60. The maximum Gasteiger partial charge on any atom is 0.255 e. The second kappa shape index (κ2) is 8.29. The molecule has 1 amide bonds. The van der Waals surface area contributed by atoms with Crippen LogP contribution in [-0.4, -0.2) is 40.0 Å². The average Bonchev–Trinajstić information content (AvgIpc) is 3.26. The number of nitrogens with two attached hydrogens (primary N) is 1. The standard InChI is InChI=1S/C20H24N4OS/c1-15-14-18(16(2)24(15)20-22-10-13-26-20)19(25)23(12-9-21)11-8-17-6-4-3-5-7-17/h3-7,10,13-14H,8-9,11-12,21H2,1-2H3. The monoisotopic (exact) mass is 368 g/mol. The van der Waals surface area contributed by atoms with Crippen molar-refractivity contribution >= 4 is 17.2 Å². The molecule has 0 saturated carbocycles. The fraction of sp³-hybridized carbons (Fsp3) is 0.300. The lowest BCUT2D eigenvalue weighted by atomic mass is 10.1. The number of aryl methyl sites for hydroxylation is 1. The highest BCUT2D eigenvalue weighted by atomic mass is 32.1. The Morgan fingerprint density at radius 2 is 2.00 bits per heavy atom. The van der Waals surface area contributed by atoms with Gasteiger partial charge in [-0.1, -0.05) is 30.3 Å². The Hall–Kier alpha value is -2.44. The van der Waals surface area contributed by atoms with Gasteiger partial charge in [-0.25, -0.2) is 4.98 Å². The van der Waals surface area contributed by atoms with Crippen molar-refractivity contribution in [3.8, 4) is 5.13 Å². The molecular formula is C20H24N4OS. The summed E-state index contributed by atoms with van der Waals surface area (Å²) in [5, 5.41) is 2.82. The van der Waals surface area contributed by atoms with E-state index in [0.717, 1.165) is 28.5 Å². The number of carbonyl (C=O) groups excluding carboxylic acids is 1. The van der Waals surface area contributed by atoms with Gasteiger partial charge in [-0.15, -0.1) is 11.3 Å². The number of nitrogens with zero attached hydrogens (tertiary/aromatic N) is 3. The first kappa shape index (κ1) is 18.4. The van der Waals surface area contributed by atoms with Crippen LogP contribution in [0.25, 0.3) is 5.13 Å². The highest BCUT2D eigenvalue weighted by Gasteiger charge is 2.22. The molecule has 2 heterocycles. The van der Waals surface area contributed by atoms with Gasteiger partial charge < -0.3 is 10.6 Å². The summed E-state index contributed by atoms with van der Waals surface area (Å²) >= 11 is 1.56. The smallest absolute Gasteiger partial charge is 0.255 e. The first-order chi connectivity index (χ1) is 12.6. The van der Waals surface area contributed by atoms with Crippen molar-refractivity contribution < 1.29 is 4.79 Å². The van der Waals surface area contributed by atoms with Crippen LogP contribution in [0.1, 0.15) is 27.3 Å². The highest BCUT2D eigenvalue weighted by Crippen LogP contribution is 2.23. The van der Waals surface area contributed by atoms with Gasteiger partial charge in [0.25, 0.3) is 5.91 Å². The molecule has 0 radical (unpaired) electrons. The van der Waals surface area contributed by atoms with Gasteiger partial charge in [0, 0.05) is 42.6 Å². The molecule has 0 bridgehead atoms. The number of hydrogen-bond donors (Lipinski definition) is 1. The topological polar surface area (TPSA) is 64.2 Å². The summed E-state index contributed by atoms with van der Waals surface area (Å²) in [7, 11) is 0. The molecule has 26 heavy (non-hydrogen) atoms. The van der Waals surface area contributed by atoms with Crippen LogP contribution in [0, 0.1) is 13.8 Å². The molecule has 1 aromatic carbocycles. The van der Waals surface area contributed by atoms with Crippen molar-refractivity contribution in [3.05, 3.63) is 70.5 Å². The summed E-state index contributed by atoms with van der Waals surface area (Å²) in [4.78, 5) is 19.4. The minimum Gasteiger partial charge on any atom is -0.337 e. The van der Waals surface area contributed by atoms with E-state index in [2.05, 4.69) is 17.1 Å². The predicted octanol–water partition coefficient (Wildman–Crippen LogP) is 3.19. The van der Waals surface area contributed by atoms with Crippen LogP contribution in [0.15, 0.2) is 48.0 Å². The van der Waals surface area contributed by atoms with E-state index in [1.165, 1.54) is 5.56 Å². The molecule has 5 nitrogen and oxygen atoms in total. The van der Waals surface area contributed by atoms with E-state index in [4.69, 9.17) is 5.73 Å². The lowest BCUT2D eigenvalue weighted by molar-refractivity contribution is 0.0761. The van der Waals surface area contributed by atoms with Gasteiger partial charge in [-0.05, 0) is 31.9 Å². The number of amides is 1. The molecule has 0 unspecified atom stereocenters. The summed E-state index contributed by atoms with van der Waals surface area (Å²) in [6, 6.07) is 12.2. The zero-order valence-corrected chi connectivity index (χ0v) is 16.0. The third kappa shape index (κ3) is 3.86. The largest absolute Gasteiger partial charge is 0.337 e. The van der Waals surface area contributed by atoms with E-state index < -0.39 is 0 Å². The molecule has 136 valence electrons. The van der Waals surface area contributed by atoms with Crippen molar-refractivity contribution in [3.63, 3.8) is 0 Å². The molecule has 2 N–H and O–H groups in total. The Balaban J connectivity index is 1.82. The van der Waals surface area contributed by atoms with Crippen LogP contribution < -0.4 is 5.73 Å². The van der Waals surface area contributed by atoms with E-state index in [1.54, 1.807) is 17.5 Å². The molecule has 0 aliphatic heterocycles. The molecule has 3 aromatic rings. The number of rotatable bonds is 7. The van der Waals surface area contributed by atoms with Crippen molar-refractivity contribution in [2.75, 3.05) is 19.6 Å². The Morgan fingerprint density at radius 3 is 2.65 bits per heavy atom. The minimum absolute atomic E-state index is 0.0299. The maximum absolute atomic E-state index is 13.2. The van der Waals surface area contributed by atoms with Gasteiger partial charge in [0.1, 0.15) is 0 Å². The maximum atomic E-state index is 13.2. The molecular weight excluding hydrogens is 344 g/mol. The lowest BCUT2D eigenvalue weighted by Gasteiger charge is -2.22. The van der Waals surface area contributed by atoms with Gasteiger partial charge in [0.05, 0.1) is 5.56 Å². The summed E-state index contributed by atoms with van der Waals surface area (Å²) in [5.41, 5.74) is 9.63. The zero-order valence-electron chi connectivity index (χ0n) is 15.2. The zero-order chi connectivity index (χ0) is 18.5. The number of aromatic nitrogens is 2. The Morgan fingerprint density at radius 1 is 1.23 bits per heavy atom. The Kier molecular flexibility index (Phi) is 5.85. The molecule has 6 heteroatoms. The van der Waals surface area contributed by atoms with E-state index in [-0.39, 0.29) is 5.91 Å². The number of hydrogen-bond acceptors (Lipinski definition) is 4. The van der Waals surface area contributed by atoms with Gasteiger partial charge in [-0.3, -0.25) is 9.36 Å². The molecule has 0 aliphatic carbocycles. The number of thiazole rings is 1. The van der Waals surface area contributed by atoms with Crippen molar-refractivity contribution in [2.24, 2.45) is 5.73 Å². The van der Waals surface area contributed by atoms with Crippen LogP contribution in [-0.2, 0) is 6.42 Å². The molecule has 0 aliphatic rings. The van der Waals surface area contributed by atoms with E-state index in [9.17, 15) is 4.79 Å². The van der Waals surface area contributed by atoms with Crippen molar-refractivity contribution in [2.45, 2.75) is 20.3 Å². The Labute approximate surface area is 158 Å². The molecule has 0 fully saturated rings.